The van der Waals surface area contributed by atoms with E-state index >= 15 is 0 Å². The number of carbonyl (C=O) groups excluding carboxylic acids is 2. The maximum absolute atomic E-state index is 11.1. The molecule has 1 atom stereocenters. The Hall–Kier alpha value is -0.660. The summed E-state index contributed by atoms with van der Waals surface area (Å²) in [6, 6.07) is 0. The molecule has 0 radical (unpaired) electrons. The molecule has 0 saturated carbocycles. The molecule has 0 bridgehead atoms. The van der Waals surface area contributed by atoms with Crippen LogP contribution in [0.3, 0.4) is 0 Å². The fraction of sp³-hybridized carbons (Fsp3) is 0.778. The average Bonchev–Trinajstić information content (AvgIpc) is 1.87. The molecule has 0 N–H and O–H groups in total. The molecule has 0 saturated heterocycles. The lowest BCUT2D eigenvalue weighted by atomic mass is 9.95. The first kappa shape index (κ1) is 10.3. The van der Waals surface area contributed by atoms with Crippen molar-refractivity contribution in [2.45, 2.75) is 34.1 Å². The van der Waals surface area contributed by atoms with Gasteiger partial charge in [-0.25, -0.2) is 0 Å². The number of rotatable bonds is 4. The molecule has 2 heteroatoms. The minimum atomic E-state index is -0.107. The van der Waals surface area contributed by atoms with E-state index in [4.69, 9.17) is 0 Å². The van der Waals surface area contributed by atoms with Gasteiger partial charge in [-0.2, -0.15) is 0 Å². The van der Waals surface area contributed by atoms with Crippen molar-refractivity contribution in [3.8, 4) is 0 Å². The van der Waals surface area contributed by atoms with Crippen LogP contribution in [0.25, 0.3) is 0 Å². The van der Waals surface area contributed by atoms with Gasteiger partial charge in [0.2, 0.25) is 0 Å². The first-order valence-corrected chi connectivity index (χ1v) is 3.98. The van der Waals surface area contributed by atoms with Gasteiger partial charge in [-0.1, -0.05) is 20.8 Å². The molecule has 0 aliphatic heterocycles. The van der Waals surface area contributed by atoms with Crippen molar-refractivity contribution in [1.29, 1.82) is 0 Å². The van der Waals surface area contributed by atoms with Gasteiger partial charge in [-0.15, -0.1) is 0 Å². The van der Waals surface area contributed by atoms with Crippen LogP contribution in [-0.4, -0.2) is 11.6 Å². The molecule has 0 aliphatic carbocycles. The van der Waals surface area contributed by atoms with E-state index in [0.29, 0.717) is 6.42 Å². The molecule has 0 unspecified atom stereocenters. The first-order chi connectivity index (χ1) is 4.95. The first-order valence-electron chi connectivity index (χ1n) is 3.98. The van der Waals surface area contributed by atoms with Crippen molar-refractivity contribution in [3.05, 3.63) is 0 Å². The van der Waals surface area contributed by atoms with E-state index in [1.165, 1.54) is 6.92 Å². The Kier molecular flexibility index (Phi) is 4.01. The Morgan fingerprint density at radius 3 is 1.91 bits per heavy atom. The molecule has 0 amide bonds. The zero-order valence-electron chi connectivity index (χ0n) is 7.68. The van der Waals surface area contributed by atoms with Gasteiger partial charge in [0.25, 0.3) is 0 Å². The Bertz CT molecular complexity index is 159. The van der Waals surface area contributed by atoms with E-state index in [9.17, 15) is 9.59 Å². The highest BCUT2D eigenvalue weighted by atomic mass is 16.1. The molecular formula is C9H16O2. The minimum Gasteiger partial charge on any atom is -0.300 e. The third kappa shape index (κ3) is 3.91. The zero-order chi connectivity index (χ0) is 9.02. The third-order valence-electron chi connectivity index (χ3n) is 1.85. The second-order valence-electron chi connectivity index (χ2n) is 3.34. The zero-order valence-corrected chi connectivity index (χ0v) is 7.68. The Labute approximate surface area is 68.0 Å². The van der Waals surface area contributed by atoms with Crippen molar-refractivity contribution >= 4 is 11.6 Å². The second-order valence-corrected chi connectivity index (χ2v) is 3.34. The maximum Gasteiger partial charge on any atom is 0.136 e. The van der Waals surface area contributed by atoms with Gasteiger partial charge in [0, 0.05) is 18.3 Å². The number of hydrogen-bond donors (Lipinski definition) is 0. The summed E-state index contributed by atoms with van der Waals surface area (Å²) < 4.78 is 0. The van der Waals surface area contributed by atoms with Crippen molar-refractivity contribution < 1.29 is 9.59 Å². The molecule has 0 aromatic rings. The van der Waals surface area contributed by atoms with Crippen LogP contribution in [-0.2, 0) is 9.59 Å². The highest BCUT2D eigenvalue weighted by molar-refractivity contribution is 5.87. The molecule has 0 fully saturated rings. The monoisotopic (exact) mass is 156 g/mol. The van der Waals surface area contributed by atoms with Gasteiger partial charge in [-0.05, 0) is 6.92 Å². The predicted molar refractivity (Wildman–Crippen MR) is 44.3 cm³/mol. The van der Waals surface area contributed by atoms with E-state index in [1.807, 2.05) is 13.8 Å². The Morgan fingerprint density at radius 2 is 1.64 bits per heavy atom. The van der Waals surface area contributed by atoms with Crippen LogP contribution >= 0.6 is 0 Å². The van der Waals surface area contributed by atoms with Gasteiger partial charge in [0.15, 0.2) is 0 Å². The minimum absolute atomic E-state index is 0.0526. The third-order valence-corrected chi connectivity index (χ3v) is 1.85. The molecule has 11 heavy (non-hydrogen) atoms. The summed E-state index contributed by atoms with van der Waals surface area (Å²) in [5, 5.41) is 0. The quantitative estimate of drug-likeness (QED) is 0.622. The maximum atomic E-state index is 11.1. The summed E-state index contributed by atoms with van der Waals surface area (Å²) >= 11 is 0. The van der Waals surface area contributed by atoms with Crippen LogP contribution in [0.4, 0.5) is 0 Å². The highest BCUT2D eigenvalue weighted by Crippen LogP contribution is 2.08. The van der Waals surface area contributed by atoms with Gasteiger partial charge >= 0.3 is 0 Å². The van der Waals surface area contributed by atoms with Gasteiger partial charge in [-0.3, -0.25) is 9.59 Å². The van der Waals surface area contributed by atoms with E-state index in [0.717, 1.165) is 0 Å². The largest absolute Gasteiger partial charge is 0.300 e. The van der Waals surface area contributed by atoms with Crippen molar-refractivity contribution in [1.82, 2.24) is 0 Å². The topological polar surface area (TPSA) is 34.1 Å². The van der Waals surface area contributed by atoms with E-state index in [2.05, 4.69) is 0 Å². The molecule has 0 heterocycles. The van der Waals surface area contributed by atoms with Gasteiger partial charge < -0.3 is 0 Å². The summed E-state index contributed by atoms with van der Waals surface area (Å²) in [4.78, 5) is 21.9. The molecular weight excluding hydrogens is 140 g/mol. The fourth-order valence-electron chi connectivity index (χ4n) is 0.681. The normalized spacial score (nSPS) is 13.2. The molecule has 0 aliphatic rings. The predicted octanol–water partition coefficient (Wildman–Crippen LogP) is 1.83. The molecule has 0 aromatic heterocycles. The number of Topliss-reactive ketones (excluding diaryl/α,β-unsaturated/α-hetero) is 2. The average molecular weight is 156 g/mol. The number of hydrogen-bond acceptors (Lipinski definition) is 2. The molecule has 64 valence electrons. The summed E-state index contributed by atoms with van der Waals surface area (Å²) in [6.45, 7) is 7.03. The number of carbonyl (C=O) groups is 2. The summed E-state index contributed by atoms with van der Waals surface area (Å²) in [5.74, 6) is 0.216. The smallest absolute Gasteiger partial charge is 0.136 e. The lowest BCUT2D eigenvalue weighted by Gasteiger charge is -2.07. The van der Waals surface area contributed by atoms with Crippen molar-refractivity contribution in [2.75, 3.05) is 0 Å². The summed E-state index contributed by atoms with van der Waals surface area (Å²) in [6.07, 6.45) is 0.396. The van der Waals surface area contributed by atoms with Crippen molar-refractivity contribution in [3.63, 3.8) is 0 Å². The summed E-state index contributed by atoms with van der Waals surface area (Å²) in [5.41, 5.74) is 0. The van der Waals surface area contributed by atoms with Crippen LogP contribution in [0.2, 0.25) is 0 Å². The van der Waals surface area contributed by atoms with Crippen LogP contribution in [0, 0.1) is 11.8 Å². The Morgan fingerprint density at radius 1 is 1.18 bits per heavy atom. The van der Waals surface area contributed by atoms with Crippen molar-refractivity contribution in [2.24, 2.45) is 11.8 Å². The van der Waals surface area contributed by atoms with Crippen LogP contribution in [0.5, 0.6) is 0 Å². The lowest BCUT2D eigenvalue weighted by Crippen LogP contribution is -2.16. The molecule has 0 spiro atoms. The fourth-order valence-corrected chi connectivity index (χ4v) is 0.681. The molecule has 2 nitrogen and oxygen atoms in total. The van der Waals surface area contributed by atoms with Crippen LogP contribution < -0.4 is 0 Å². The van der Waals surface area contributed by atoms with E-state index in [1.54, 1.807) is 6.92 Å². The second kappa shape index (κ2) is 4.27. The Balaban J connectivity index is 3.85. The lowest BCUT2D eigenvalue weighted by molar-refractivity contribution is -0.127. The van der Waals surface area contributed by atoms with E-state index in [-0.39, 0.29) is 23.4 Å². The SMILES string of the molecule is CC(=O)[C@H](C)CC(=O)C(C)C. The van der Waals surface area contributed by atoms with Gasteiger partial charge in [0.05, 0.1) is 0 Å². The highest BCUT2D eigenvalue weighted by Gasteiger charge is 2.14. The summed E-state index contributed by atoms with van der Waals surface area (Å²) in [7, 11) is 0. The molecule has 0 aromatic carbocycles. The standard InChI is InChI=1S/C9H16O2/c1-6(2)9(11)5-7(3)8(4)10/h6-7H,5H2,1-4H3/t7-/m1/s1. The van der Waals surface area contributed by atoms with E-state index < -0.39 is 0 Å². The number of ketones is 2. The van der Waals surface area contributed by atoms with Crippen LogP contribution in [0.15, 0.2) is 0 Å². The molecule has 0 rings (SSSR count). The van der Waals surface area contributed by atoms with Gasteiger partial charge in [0.1, 0.15) is 11.6 Å². The van der Waals surface area contributed by atoms with Crippen LogP contribution in [0.1, 0.15) is 34.1 Å².